The Morgan fingerprint density at radius 3 is 2.24 bits per heavy atom. The SMILES string of the molecule is CCC(CC)(CC)NC(=O)Nc1ccc(I)cc1C(=O)O. The number of carbonyl (C=O) groups is 2. The van der Waals surface area contributed by atoms with Crippen LogP contribution in [0.5, 0.6) is 0 Å². The molecular formula is C15H21IN2O3. The summed E-state index contributed by atoms with van der Waals surface area (Å²) in [5.41, 5.74) is 0.140. The molecule has 1 aromatic carbocycles. The van der Waals surface area contributed by atoms with E-state index in [1.54, 1.807) is 12.1 Å². The minimum absolute atomic E-state index is 0.0899. The molecule has 0 heterocycles. The first-order chi connectivity index (χ1) is 9.87. The molecule has 2 amide bonds. The van der Waals surface area contributed by atoms with Gasteiger partial charge in [0, 0.05) is 9.11 Å². The lowest BCUT2D eigenvalue weighted by Crippen LogP contribution is -2.49. The molecule has 0 saturated carbocycles. The number of amides is 2. The number of urea groups is 1. The van der Waals surface area contributed by atoms with Crippen molar-refractivity contribution in [3.05, 3.63) is 27.3 Å². The highest BCUT2D eigenvalue weighted by Crippen LogP contribution is 2.21. The van der Waals surface area contributed by atoms with Gasteiger partial charge < -0.3 is 15.7 Å². The van der Waals surface area contributed by atoms with E-state index in [0.717, 1.165) is 22.8 Å². The minimum Gasteiger partial charge on any atom is -0.478 e. The maximum absolute atomic E-state index is 12.1. The summed E-state index contributed by atoms with van der Waals surface area (Å²) < 4.78 is 0.806. The highest BCUT2D eigenvalue weighted by atomic mass is 127. The van der Waals surface area contributed by atoms with Crippen molar-refractivity contribution >= 4 is 40.3 Å². The third-order valence-electron chi connectivity index (χ3n) is 3.87. The third-order valence-corrected chi connectivity index (χ3v) is 4.54. The van der Waals surface area contributed by atoms with Crippen LogP contribution in [0.2, 0.25) is 0 Å². The van der Waals surface area contributed by atoms with Gasteiger partial charge in [-0.1, -0.05) is 20.8 Å². The van der Waals surface area contributed by atoms with Gasteiger partial charge in [0.25, 0.3) is 0 Å². The van der Waals surface area contributed by atoms with Crippen LogP contribution in [0.15, 0.2) is 18.2 Å². The zero-order valence-corrected chi connectivity index (χ0v) is 14.7. The highest BCUT2D eigenvalue weighted by Gasteiger charge is 2.26. The zero-order chi connectivity index (χ0) is 16.0. The topological polar surface area (TPSA) is 78.4 Å². The van der Waals surface area contributed by atoms with E-state index in [4.69, 9.17) is 0 Å². The molecule has 0 atom stereocenters. The van der Waals surface area contributed by atoms with Gasteiger partial charge in [-0.15, -0.1) is 0 Å². The van der Waals surface area contributed by atoms with Gasteiger partial charge in [0.1, 0.15) is 0 Å². The van der Waals surface area contributed by atoms with Crippen molar-refractivity contribution in [2.75, 3.05) is 5.32 Å². The van der Waals surface area contributed by atoms with Crippen LogP contribution >= 0.6 is 22.6 Å². The van der Waals surface area contributed by atoms with Crippen LogP contribution in [0, 0.1) is 3.57 Å². The number of carboxylic acid groups (broad SMARTS) is 1. The number of anilines is 1. The molecule has 21 heavy (non-hydrogen) atoms. The highest BCUT2D eigenvalue weighted by molar-refractivity contribution is 14.1. The number of hydrogen-bond acceptors (Lipinski definition) is 2. The number of rotatable bonds is 6. The van der Waals surface area contributed by atoms with Gasteiger partial charge >= 0.3 is 12.0 Å². The van der Waals surface area contributed by atoms with Crippen molar-refractivity contribution in [3.63, 3.8) is 0 Å². The molecule has 0 aliphatic carbocycles. The summed E-state index contributed by atoms with van der Waals surface area (Å²) >= 11 is 2.04. The molecule has 0 bridgehead atoms. The molecule has 0 aromatic heterocycles. The lowest BCUT2D eigenvalue weighted by Gasteiger charge is -2.31. The standard InChI is InChI=1S/C15H21IN2O3/c1-4-15(5-2,6-3)18-14(21)17-12-8-7-10(16)9-11(12)13(19)20/h7-9H,4-6H2,1-3H3,(H,19,20)(H2,17,18,21). The Morgan fingerprint density at radius 1 is 1.19 bits per heavy atom. The molecule has 0 aliphatic rings. The summed E-state index contributed by atoms with van der Waals surface area (Å²) in [4.78, 5) is 23.4. The predicted molar refractivity (Wildman–Crippen MR) is 91.9 cm³/mol. The lowest BCUT2D eigenvalue weighted by atomic mass is 9.90. The van der Waals surface area contributed by atoms with Crippen LogP contribution in [-0.2, 0) is 0 Å². The second-order valence-corrected chi connectivity index (χ2v) is 6.16. The predicted octanol–water partition coefficient (Wildman–Crippen LogP) is 4.08. The largest absolute Gasteiger partial charge is 0.478 e. The first-order valence-electron chi connectivity index (χ1n) is 6.99. The molecule has 1 aromatic rings. The van der Waals surface area contributed by atoms with Gasteiger partial charge in [0.05, 0.1) is 11.3 Å². The third kappa shape index (κ3) is 4.59. The normalized spacial score (nSPS) is 11.0. The van der Waals surface area contributed by atoms with Crippen LogP contribution in [0.25, 0.3) is 0 Å². The van der Waals surface area contributed by atoms with Gasteiger partial charge in [-0.3, -0.25) is 0 Å². The summed E-state index contributed by atoms with van der Waals surface area (Å²) in [6.45, 7) is 6.09. The average molecular weight is 404 g/mol. The summed E-state index contributed by atoms with van der Waals surface area (Å²) in [6, 6.07) is 4.53. The molecule has 3 N–H and O–H groups in total. The molecule has 0 saturated heterocycles. The lowest BCUT2D eigenvalue weighted by molar-refractivity contribution is 0.0698. The van der Waals surface area contributed by atoms with Gasteiger partial charge in [0.15, 0.2) is 0 Å². The number of aromatic carboxylic acids is 1. The molecule has 0 spiro atoms. The van der Waals surface area contributed by atoms with E-state index in [0.29, 0.717) is 5.69 Å². The fraction of sp³-hybridized carbons (Fsp3) is 0.467. The molecule has 0 radical (unpaired) electrons. The molecule has 0 aliphatic heterocycles. The Labute approximate surface area is 138 Å². The number of halogens is 1. The quantitative estimate of drug-likeness (QED) is 0.626. The molecule has 0 fully saturated rings. The van der Waals surface area contributed by atoms with Crippen LogP contribution in [0.1, 0.15) is 50.4 Å². The number of carboxylic acids is 1. The van der Waals surface area contributed by atoms with Crippen LogP contribution in [0.3, 0.4) is 0 Å². The number of nitrogens with one attached hydrogen (secondary N) is 2. The summed E-state index contributed by atoms with van der Waals surface area (Å²) in [6.07, 6.45) is 2.48. The molecule has 0 unspecified atom stereocenters. The van der Waals surface area contributed by atoms with Crippen LogP contribution in [-0.4, -0.2) is 22.6 Å². The summed E-state index contributed by atoms with van der Waals surface area (Å²) in [5, 5.41) is 14.8. The Morgan fingerprint density at radius 2 is 1.76 bits per heavy atom. The van der Waals surface area contributed by atoms with E-state index in [2.05, 4.69) is 10.6 Å². The van der Waals surface area contributed by atoms with E-state index in [1.165, 1.54) is 6.07 Å². The van der Waals surface area contributed by atoms with E-state index in [9.17, 15) is 14.7 Å². The van der Waals surface area contributed by atoms with Crippen LogP contribution < -0.4 is 10.6 Å². The Hall–Kier alpha value is -1.31. The monoisotopic (exact) mass is 404 g/mol. The van der Waals surface area contributed by atoms with Crippen molar-refractivity contribution in [1.82, 2.24) is 5.32 Å². The maximum Gasteiger partial charge on any atom is 0.337 e. The average Bonchev–Trinajstić information content (AvgIpc) is 2.46. The van der Waals surface area contributed by atoms with Crippen molar-refractivity contribution in [2.45, 2.75) is 45.6 Å². The van der Waals surface area contributed by atoms with Gasteiger partial charge in [-0.25, -0.2) is 9.59 Å². The molecule has 6 heteroatoms. The van der Waals surface area contributed by atoms with Crippen molar-refractivity contribution in [1.29, 1.82) is 0 Å². The number of carbonyl (C=O) groups excluding carboxylic acids is 1. The second kappa shape index (κ2) is 7.63. The van der Waals surface area contributed by atoms with Crippen molar-refractivity contribution in [3.8, 4) is 0 Å². The van der Waals surface area contributed by atoms with Gasteiger partial charge in [-0.2, -0.15) is 0 Å². The zero-order valence-electron chi connectivity index (χ0n) is 12.5. The Balaban J connectivity index is 2.91. The first-order valence-corrected chi connectivity index (χ1v) is 8.07. The van der Waals surface area contributed by atoms with E-state index >= 15 is 0 Å². The van der Waals surface area contributed by atoms with Crippen LogP contribution in [0.4, 0.5) is 10.5 Å². The Bertz CT molecular complexity index is 519. The van der Waals surface area contributed by atoms with Gasteiger partial charge in [-0.05, 0) is 60.1 Å². The maximum atomic E-state index is 12.1. The fourth-order valence-corrected chi connectivity index (χ4v) is 2.70. The second-order valence-electron chi connectivity index (χ2n) is 4.92. The molecule has 1 rings (SSSR count). The minimum atomic E-state index is -1.06. The van der Waals surface area contributed by atoms with Crippen molar-refractivity contribution in [2.24, 2.45) is 0 Å². The molecule has 116 valence electrons. The van der Waals surface area contributed by atoms with Crippen molar-refractivity contribution < 1.29 is 14.7 Å². The number of hydrogen-bond donors (Lipinski definition) is 3. The summed E-state index contributed by atoms with van der Waals surface area (Å²) in [7, 11) is 0. The smallest absolute Gasteiger partial charge is 0.337 e. The Kier molecular flexibility index (Phi) is 6.44. The van der Waals surface area contributed by atoms with E-state index in [1.807, 2.05) is 43.4 Å². The molecular weight excluding hydrogens is 383 g/mol. The summed E-state index contributed by atoms with van der Waals surface area (Å²) in [5.74, 6) is -1.06. The number of benzene rings is 1. The fourth-order valence-electron chi connectivity index (χ4n) is 2.21. The molecule has 5 nitrogen and oxygen atoms in total. The van der Waals surface area contributed by atoms with E-state index < -0.39 is 5.97 Å². The first kappa shape index (κ1) is 17.7. The van der Waals surface area contributed by atoms with Gasteiger partial charge in [0.2, 0.25) is 0 Å². The van der Waals surface area contributed by atoms with E-state index in [-0.39, 0.29) is 17.1 Å².